The SMILES string of the molecule is CO[C@H]1/C=C/C[C@H](C)C[S@@](=O)(NC(=O)N2CC(CN3CCN4CCOC[C@@H]4C3)C2)=NC(=O)c2ccc3c(c2)N(C[C@@H]2CC[C@H]21)C[C@@]1(CCCc2cc(Cl)ccc21)CO3. The van der Waals surface area contributed by atoms with Crippen LogP contribution in [-0.2, 0) is 31.2 Å². The molecule has 58 heavy (non-hydrogen) atoms. The summed E-state index contributed by atoms with van der Waals surface area (Å²) in [5.41, 5.74) is 3.47. The Balaban J connectivity index is 0.975. The summed E-state index contributed by atoms with van der Waals surface area (Å²) in [7, 11) is -1.70. The van der Waals surface area contributed by atoms with E-state index in [2.05, 4.69) is 48.1 Å². The van der Waals surface area contributed by atoms with E-state index in [9.17, 15) is 13.8 Å². The highest BCUT2D eigenvalue weighted by atomic mass is 35.5. The lowest BCUT2D eigenvalue weighted by atomic mass is 9.68. The van der Waals surface area contributed by atoms with Crippen LogP contribution in [0.15, 0.2) is 52.9 Å². The number of piperazine rings is 1. The van der Waals surface area contributed by atoms with Crippen molar-refractivity contribution in [3.63, 3.8) is 0 Å². The third-order valence-electron chi connectivity index (χ3n) is 14.0. The summed E-state index contributed by atoms with van der Waals surface area (Å²) in [6, 6.07) is 11.7. The van der Waals surface area contributed by atoms with E-state index in [1.165, 1.54) is 11.1 Å². The van der Waals surface area contributed by atoms with Gasteiger partial charge in [0.05, 0.1) is 37.4 Å². The molecule has 1 N–H and O–H groups in total. The van der Waals surface area contributed by atoms with E-state index in [1.54, 1.807) is 18.1 Å². The lowest BCUT2D eigenvalue weighted by molar-refractivity contribution is -0.0508. The zero-order chi connectivity index (χ0) is 40.0. The van der Waals surface area contributed by atoms with Crippen LogP contribution in [0.5, 0.6) is 5.75 Å². The Morgan fingerprint density at radius 1 is 1.10 bits per heavy atom. The van der Waals surface area contributed by atoms with Crippen molar-refractivity contribution in [3.8, 4) is 5.75 Å². The van der Waals surface area contributed by atoms with Gasteiger partial charge in [0.2, 0.25) is 0 Å². The molecule has 2 aliphatic carbocycles. The van der Waals surface area contributed by atoms with Crippen LogP contribution in [0.3, 0.4) is 0 Å². The number of allylic oxidation sites excluding steroid dienone is 1. The summed E-state index contributed by atoms with van der Waals surface area (Å²) in [4.78, 5) is 37.0. The molecule has 0 unspecified atom stereocenters. The van der Waals surface area contributed by atoms with Gasteiger partial charge in [-0.3, -0.25) is 14.4 Å². The highest BCUT2D eigenvalue weighted by molar-refractivity contribution is 7.92. The van der Waals surface area contributed by atoms with Crippen LogP contribution in [0.4, 0.5) is 10.5 Å². The minimum absolute atomic E-state index is 0.0473. The predicted octanol–water partition coefficient (Wildman–Crippen LogP) is 5.63. The summed E-state index contributed by atoms with van der Waals surface area (Å²) < 4.78 is 40.5. The van der Waals surface area contributed by atoms with Crippen molar-refractivity contribution in [1.82, 2.24) is 19.4 Å². The van der Waals surface area contributed by atoms with E-state index < -0.39 is 21.9 Å². The average Bonchev–Trinajstić information content (AvgIpc) is 3.33. The Hall–Kier alpha value is -3.20. The van der Waals surface area contributed by atoms with E-state index in [4.69, 9.17) is 25.8 Å². The number of benzene rings is 2. The van der Waals surface area contributed by atoms with Gasteiger partial charge in [-0.25, -0.2) is 9.00 Å². The minimum Gasteiger partial charge on any atom is -0.490 e. The second kappa shape index (κ2) is 16.7. The Morgan fingerprint density at radius 2 is 1.98 bits per heavy atom. The number of hydrogen-bond acceptors (Lipinski definition) is 9. The first-order valence-corrected chi connectivity index (χ1v) is 23.5. The first-order valence-electron chi connectivity index (χ1n) is 21.5. The third kappa shape index (κ3) is 8.28. The fourth-order valence-corrected chi connectivity index (χ4v) is 12.8. The number of hydrogen-bond donors (Lipinski definition) is 1. The molecule has 314 valence electrons. The first kappa shape index (κ1) is 40.2. The second-order valence-electron chi connectivity index (χ2n) is 18.2. The van der Waals surface area contributed by atoms with Gasteiger partial charge >= 0.3 is 6.03 Å². The van der Waals surface area contributed by atoms with Gasteiger partial charge in [0, 0.05) is 94.0 Å². The van der Waals surface area contributed by atoms with Gasteiger partial charge in [-0.1, -0.05) is 36.7 Å². The monoisotopic (exact) mass is 834 g/mol. The van der Waals surface area contributed by atoms with Crippen LogP contribution in [0.25, 0.3) is 0 Å². The Kier molecular flexibility index (Phi) is 11.6. The zero-order valence-corrected chi connectivity index (χ0v) is 35.6. The van der Waals surface area contributed by atoms with Gasteiger partial charge in [0.25, 0.3) is 5.91 Å². The molecule has 5 heterocycles. The summed E-state index contributed by atoms with van der Waals surface area (Å²) >= 11 is 6.49. The number of aryl methyl sites for hydroxylation is 1. The molecule has 1 saturated carbocycles. The third-order valence-corrected chi connectivity index (χ3v) is 16.3. The van der Waals surface area contributed by atoms with Crippen LogP contribution in [0.2, 0.25) is 5.02 Å². The largest absolute Gasteiger partial charge is 0.490 e. The normalized spacial score (nSPS) is 33.9. The number of rotatable bonds is 4. The molecule has 1 spiro atoms. The fourth-order valence-electron chi connectivity index (χ4n) is 10.8. The maximum Gasteiger partial charge on any atom is 0.329 e. The standard InChI is InChI=1S/C44H59ClN6O6S/c1-30-5-3-7-40(55-2)37-11-8-34(37)24-51-28-44(14-4-6-32-19-35(45)10-12-38(32)44)29-57-41-13-9-33(20-39(41)51)42(52)46-58(54,27-30)47-43(53)50-22-31(23-50)21-48-15-16-49-17-18-56-26-36(49)25-48/h3,7,9-10,12-13,19-20,30-31,34,36-37,40H,4-6,8,11,14-18,21-29H2,1-2H3,(H,46,47,52,53,54)/b7-3+/t30-,34-,36-,37+,40-,44-,58-/m0/s1. The van der Waals surface area contributed by atoms with E-state index in [-0.39, 0.29) is 23.2 Å². The molecule has 7 atom stereocenters. The van der Waals surface area contributed by atoms with Crippen LogP contribution in [0.1, 0.15) is 60.5 Å². The van der Waals surface area contributed by atoms with Crippen LogP contribution in [0, 0.1) is 23.7 Å². The highest BCUT2D eigenvalue weighted by Gasteiger charge is 2.45. The number of ether oxygens (including phenoxy) is 3. The second-order valence-corrected chi connectivity index (χ2v) is 20.6. The van der Waals surface area contributed by atoms with Gasteiger partial charge in [0.15, 0.2) is 0 Å². The molecular weight excluding hydrogens is 776 g/mol. The maximum atomic E-state index is 14.8. The number of nitrogens with zero attached hydrogens (tertiary/aromatic N) is 5. The maximum absolute atomic E-state index is 14.8. The summed E-state index contributed by atoms with van der Waals surface area (Å²) in [5.74, 6) is 1.13. The molecule has 9 rings (SSSR count). The van der Waals surface area contributed by atoms with E-state index in [0.717, 1.165) is 108 Å². The van der Waals surface area contributed by atoms with Gasteiger partial charge in [-0.2, -0.15) is 0 Å². The molecule has 0 radical (unpaired) electrons. The van der Waals surface area contributed by atoms with Crippen molar-refractivity contribution < 1.29 is 28.0 Å². The molecule has 3 saturated heterocycles. The van der Waals surface area contributed by atoms with Gasteiger partial charge < -0.3 is 28.9 Å². The molecular formula is C44H59ClN6O6S. The summed E-state index contributed by atoms with van der Waals surface area (Å²) in [6.07, 6.45) is 10.0. The van der Waals surface area contributed by atoms with Crippen LogP contribution < -0.4 is 14.4 Å². The van der Waals surface area contributed by atoms with Crippen LogP contribution >= 0.6 is 11.6 Å². The molecule has 5 aliphatic heterocycles. The van der Waals surface area contributed by atoms with Crippen molar-refractivity contribution in [2.45, 2.75) is 63.0 Å². The van der Waals surface area contributed by atoms with Gasteiger partial charge in [-0.15, -0.1) is 4.36 Å². The van der Waals surface area contributed by atoms with E-state index in [1.807, 2.05) is 25.1 Å². The summed E-state index contributed by atoms with van der Waals surface area (Å²) in [6.45, 7) is 11.7. The number of amides is 3. The number of likely N-dealkylation sites (tertiary alicyclic amines) is 1. The summed E-state index contributed by atoms with van der Waals surface area (Å²) in [5, 5.41) is 0.748. The number of anilines is 1. The smallest absolute Gasteiger partial charge is 0.329 e. The molecule has 0 aromatic heterocycles. The van der Waals surface area contributed by atoms with E-state index in [0.29, 0.717) is 55.5 Å². The Labute approximate surface area is 348 Å². The van der Waals surface area contributed by atoms with Crippen molar-refractivity contribution in [1.29, 1.82) is 0 Å². The number of carbonyl (C=O) groups is 2. The van der Waals surface area contributed by atoms with Gasteiger partial charge in [-0.05, 0) is 97.7 Å². The fraction of sp³-hybridized carbons (Fsp3) is 0.636. The molecule has 2 aromatic rings. The highest BCUT2D eigenvalue weighted by Crippen LogP contribution is 2.47. The van der Waals surface area contributed by atoms with Crippen molar-refractivity contribution in [2.75, 3.05) is 96.5 Å². The molecule has 12 nitrogen and oxygen atoms in total. The van der Waals surface area contributed by atoms with E-state index >= 15 is 0 Å². The van der Waals surface area contributed by atoms with Crippen molar-refractivity contribution >= 4 is 39.1 Å². The topological polar surface area (TPSA) is 116 Å². The number of methoxy groups -OCH3 is 1. The molecule has 2 aromatic carbocycles. The first-order chi connectivity index (χ1) is 28.1. The molecule has 14 heteroatoms. The molecule has 4 fully saturated rings. The number of carbonyl (C=O) groups excluding carboxylic acids is 2. The quantitative estimate of drug-likeness (QED) is 0.392. The van der Waals surface area contributed by atoms with Crippen molar-refractivity contribution in [3.05, 3.63) is 70.3 Å². The number of nitrogens with one attached hydrogen (secondary N) is 1. The lowest BCUT2D eigenvalue weighted by Crippen LogP contribution is -2.62. The number of halogens is 1. The predicted molar refractivity (Wildman–Crippen MR) is 226 cm³/mol. The van der Waals surface area contributed by atoms with Crippen molar-refractivity contribution in [2.24, 2.45) is 28.0 Å². The molecule has 2 bridgehead atoms. The number of urea groups is 1. The zero-order valence-electron chi connectivity index (χ0n) is 34.0. The minimum atomic E-state index is -3.49. The molecule has 3 amide bonds. The number of fused-ring (bicyclic) bond motifs is 5. The van der Waals surface area contributed by atoms with Gasteiger partial charge in [0.1, 0.15) is 15.7 Å². The average molecular weight is 836 g/mol. The van der Waals surface area contributed by atoms with Crippen LogP contribution in [-0.4, -0.2) is 135 Å². The Morgan fingerprint density at radius 3 is 2.81 bits per heavy atom. The lowest BCUT2D eigenvalue weighted by Gasteiger charge is -2.47. The molecule has 7 aliphatic rings. The number of morpholine rings is 1. The Bertz CT molecular complexity index is 2040.